The summed E-state index contributed by atoms with van der Waals surface area (Å²) in [5.74, 6) is 0.335. The summed E-state index contributed by atoms with van der Waals surface area (Å²) in [5.41, 5.74) is 6.87. The van der Waals surface area contributed by atoms with Gasteiger partial charge in [0, 0.05) is 12.5 Å². The molecule has 0 saturated heterocycles. The lowest BCUT2D eigenvalue weighted by Crippen LogP contribution is -1.99. The van der Waals surface area contributed by atoms with Gasteiger partial charge in [-0.2, -0.15) is 0 Å². The van der Waals surface area contributed by atoms with Gasteiger partial charge in [-0.3, -0.25) is 4.21 Å². The maximum Gasteiger partial charge on any atom is 0.136 e. The second kappa shape index (κ2) is 4.31. The lowest BCUT2D eigenvalue weighted by Gasteiger charge is -2.03. The third-order valence-corrected chi connectivity index (χ3v) is 2.77. The standard InChI is InChI=1S/C9H9N5OS/c1-16(15)8-2-7(12-5-13-8)6-3-11-4-14-9(6)10/h2-5H,1H3,(H2,10,11,14). The topological polar surface area (TPSA) is 94.7 Å². The molecule has 2 aromatic rings. The molecule has 16 heavy (non-hydrogen) atoms. The Morgan fingerprint density at radius 1 is 1.25 bits per heavy atom. The first-order chi connectivity index (χ1) is 7.68. The van der Waals surface area contributed by atoms with Gasteiger partial charge >= 0.3 is 0 Å². The quantitative estimate of drug-likeness (QED) is 0.750. The van der Waals surface area contributed by atoms with Crippen LogP contribution in [0.2, 0.25) is 0 Å². The van der Waals surface area contributed by atoms with Gasteiger partial charge in [0.05, 0.1) is 22.1 Å². The Balaban J connectivity index is 2.53. The minimum Gasteiger partial charge on any atom is -0.383 e. The molecule has 0 spiro atoms. The number of nitrogens with two attached hydrogens (primary N) is 1. The Kier molecular flexibility index (Phi) is 2.86. The number of nitrogen functional groups attached to an aromatic ring is 1. The molecule has 0 amide bonds. The zero-order valence-electron chi connectivity index (χ0n) is 8.49. The van der Waals surface area contributed by atoms with Crippen LogP contribution in [0.15, 0.2) is 29.9 Å². The molecule has 7 heteroatoms. The van der Waals surface area contributed by atoms with Gasteiger partial charge in [-0.1, -0.05) is 0 Å². The van der Waals surface area contributed by atoms with Gasteiger partial charge in [0.25, 0.3) is 0 Å². The number of nitrogens with zero attached hydrogens (tertiary/aromatic N) is 4. The van der Waals surface area contributed by atoms with Crippen molar-refractivity contribution in [2.24, 2.45) is 0 Å². The summed E-state index contributed by atoms with van der Waals surface area (Å²) < 4.78 is 11.3. The van der Waals surface area contributed by atoms with E-state index in [-0.39, 0.29) is 0 Å². The summed E-state index contributed by atoms with van der Waals surface area (Å²) in [4.78, 5) is 15.7. The predicted octanol–water partition coefficient (Wildman–Crippen LogP) is 0.253. The largest absolute Gasteiger partial charge is 0.383 e. The molecular weight excluding hydrogens is 226 g/mol. The Bertz CT molecular complexity index is 545. The van der Waals surface area contributed by atoms with Crippen LogP contribution in [0.1, 0.15) is 0 Å². The van der Waals surface area contributed by atoms with Gasteiger partial charge < -0.3 is 5.73 Å². The molecule has 0 aliphatic carbocycles. The van der Waals surface area contributed by atoms with Gasteiger partial charge in [0.1, 0.15) is 23.5 Å². The monoisotopic (exact) mass is 235 g/mol. The van der Waals surface area contributed by atoms with E-state index in [0.29, 0.717) is 22.1 Å². The number of aromatic nitrogens is 4. The number of anilines is 1. The van der Waals surface area contributed by atoms with Crippen molar-refractivity contribution >= 4 is 16.6 Å². The van der Waals surface area contributed by atoms with Crippen molar-refractivity contribution in [1.82, 2.24) is 19.9 Å². The van der Waals surface area contributed by atoms with E-state index in [4.69, 9.17) is 5.73 Å². The molecule has 0 fully saturated rings. The lowest BCUT2D eigenvalue weighted by atomic mass is 10.2. The van der Waals surface area contributed by atoms with Crippen molar-refractivity contribution in [2.75, 3.05) is 12.0 Å². The summed E-state index contributed by atoms with van der Waals surface area (Å²) in [7, 11) is -1.15. The first kappa shape index (κ1) is 10.6. The molecule has 1 atom stereocenters. The van der Waals surface area contributed by atoms with Gasteiger partial charge in [-0.25, -0.2) is 19.9 Å². The predicted molar refractivity (Wildman–Crippen MR) is 59.8 cm³/mol. The molecule has 82 valence electrons. The SMILES string of the molecule is CS(=O)c1cc(-c2cncnc2N)ncn1. The molecule has 0 bridgehead atoms. The van der Waals surface area contributed by atoms with Crippen LogP contribution in [-0.4, -0.2) is 30.4 Å². The molecule has 2 N–H and O–H groups in total. The molecule has 0 aliphatic rings. The number of hydrogen-bond donors (Lipinski definition) is 1. The molecule has 0 radical (unpaired) electrons. The maximum atomic E-state index is 11.3. The summed E-state index contributed by atoms with van der Waals surface area (Å²) in [6.45, 7) is 0. The van der Waals surface area contributed by atoms with Crippen molar-refractivity contribution in [2.45, 2.75) is 5.03 Å². The molecule has 2 aromatic heterocycles. The lowest BCUT2D eigenvalue weighted by molar-refractivity contribution is 0.683. The fourth-order valence-electron chi connectivity index (χ4n) is 1.18. The van der Waals surface area contributed by atoms with Crippen LogP contribution in [0.5, 0.6) is 0 Å². The van der Waals surface area contributed by atoms with Crippen molar-refractivity contribution in [3.05, 3.63) is 24.9 Å². The highest BCUT2D eigenvalue weighted by Crippen LogP contribution is 2.21. The van der Waals surface area contributed by atoms with E-state index < -0.39 is 10.8 Å². The van der Waals surface area contributed by atoms with E-state index in [2.05, 4.69) is 19.9 Å². The molecule has 2 rings (SSSR count). The van der Waals surface area contributed by atoms with E-state index >= 15 is 0 Å². The number of rotatable bonds is 2. The Morgan fingerprint density at radius 3 is 2.75 bits per heavy atom. The van der Waals surface area contributed by atoms with Gasteiger partial charge in [0.15, 0.2) is 0 Å². The smallest absolute Gasteiger partial charge is 0.136 e. The van der Waals surface area contributed by atoms with Crippen LogP contribution in [0, 0.1) is 0 Å². The minimum atomic E-state index is -1.15. The molecule has 1 unspecified atom stereocenters. The zero-order valence-corrected chi connectivity index (χ0v) is 9.31. The third-order valence-electron chi connectivity index (χ3n) is 1.96. The molecule has 0 aliphatic heterocycles. The zero-order chi connectivity index (χ0) is 11.5. The van der Waals surface area contributed by atoms with Crippen LogP contribution < -0.4 is 5.73 Å². The highest BCUT2D eigenvalue weighted by molar-refractivity contribution is 7.84. The summed E-state index contributed by atoms with van der Waals surface area (Å²) in [6.07, 6.45) is 5.82. The van der Waals surface area contributed by atoms with Crippen LogP contribution in [0.25, 0.3) is 11.3 Å². The summed E-state index contributed by atoms with van der Waals surface area (Å²) >= 11 is 0. The van der Waals surface area contributed by atoms with Gasteiger partial charge in [-0.05, 0) is 6.07 Å². The summed E-state index contributed by atoms with van der Waals surface area (Å²) in [6, 6.07) is 1.62. The highest BCUT2D eigenvalue weighted by atomic mass is 32.2. The molecule has 2 heterocycles. The second-order valence-electron chi connectivity index (χ2n) is 3.02. The van der Waals surface area contributed by atoms with Crippen LogP contribution >= 0.6 is 0 Å². The first-order valence-electron chi connectivity index (χ1n) is 4.40. The normalized spacial score (nSPS) is 12.3. The molecule has 6 nitrogen and oxygen atoms in total. The minimum absolute atomic E-state index is 0.335. The number of hydrogen-bond acceptors (Lipinski definition) is 6. The van der Waals surface area contributed by atoms with Gasteiger partial charge in [0.2, 0.25) is 0 Å². The molecule has 0 aromatic carbocycles. The van der Waals surface area contributed by atoms with Crippen molar-refractivity contribution < 1.29 is 4.21 Å². The van der Waals surface area contributed by atoms with Crippen molar-refractivity contribution in [3.63, 3.8) is 0 Å². The highest BCUT2D eigenvalue weighted by Gasteiger charge is 2.08. The van der Waals surface area contributed by atoms with Crippen LogP contribution in [0.4, 0.5) is 5.82 Å². The van der Waals surface area contributed by atoms with Crippen molar-refractivity contribution in [1.29, 1.82) is 0 Å². The van der Waals surface area contributed by atoms with E-state index in [1.54, 1.807) is 18.5 Å². The second-order valence-corrected chi connectivity index (χ2v) is 4.34. The van der Waals surface area contributed by atoms with Crippen LogP contribution in [-0.2, 0) is 10.8 Å². The van der Waals surface area contributed by atoms with Gasteiger partial charge in [-0.15, -0.1) is 0 Å². The third kappa shape index (κ3) is 2.03. The van der Waals surface area contributed by atoms with E-state index in [1.807, 2.05) is 0 Å². The molecular formula is C9H9N5OS. The van der Waals surface area contributed by atoms with E-state index in [1.165, 1.54) is 12.7 Å². The fraction of sp³-hybridized carbons (Fsp3) is 0.111. The summed E-state index contributed by atoms with van der Waals surface area (Å²) in [5, 5.41) is 0.452. The Morgan fingerprint density at radius 2 is 2.06 bits per heavy atom. The molecule has 0 saturated carbocycles. The average Bonchev–Trinajstić information content (AvgIpc) is 2.30. The van der Waals surface area contributed by atoms with Crippen LogP contribution in [0.3, 0.4) is 0 Å². The van der Waals surface area contributed by atoms with E-state index in [9.17, 15) is 4.21 Å². The Hall–Kier alpha value is -1.89. The fourth-order valence-corrected chi connectivity index (χ4v) is 1.65. The Labute approximate surface area is 94.4 Å². The average molecular weight is 235 g/mol. The first-order valence-corrected chi connectivity index (χ1v) is 5.95. The van der Waals surface area contributed by atoms with Crippen molar-refractivity contribution in [3.8, 4) is 11.3 Å². The maximum absolute atomic E-state index is 11.3. The van der Waals surface area contributed by atoms with E-state index in [0.717, 1.165) is 0 Å².